The highest BCUT2D eigenvalue weighted by Gasteiger charge is 2.12. The lowest BCUT2D eigenvalue weighted by atomic mass is 10.1. The summed E-state index contributed by atoms with van der Waals surface area (Å²) in [5.74, 6) is -0.614. The van der Waals surface area contributed by atoms with Crippen molar-refractivity contribution in [3.05, 3.63) is 70.2 Å². The summed E-state index contributed by atoms with van der Waals surface area (Å²) in [7, 11) is 0. The number of amides is 2. The standard InChI is InChI=1S/C21H22FN5O2S/c1-14-5-4-6-15(13-14)19-25-26-21(30)27(19)12-9-18(28)23-10-11-24-20(29)16-7-2-3-8-17(16)22/h2-8,13H,9-12H2,1H3,(H,23,28)(H,24,29)(H,26,30). The largest absolute Gasteiger partial charge is 0.354 e. The van der Waals surface area contributed by atoms with Crippen molar-refractivity contribution >= 4 is 24.0 Å². The number of halogens is 1. The highest BCUT2D eigenvalue weighted by molar-refractivity contribution is 7.71. The molecule has 0 unspecified atom stereocenters. The molecule has 0 atom stereocenters. The van der Waals surface area contributed by atoms with E-state index in [-0.39, 0.29) is 31.0 Å². The number of H-pyrrole nitrogens is 1. The molecule has 0 aliphatic rings. The van der Waals surface area contributed by atoms with Crippen molar-refractivity contribution in [2.24, 2.45) is 0 Å². The average Bonchev–Trinajstić information content (AvgIpc) is 3.10. The zero-order chi connectivity index (χ0) is 21.5. The second kappa shape index (κ2) is 9.93. The Hall–Kier alpha value is -3.33. The Bertz CT molecular complexity index is 1110. The fourth-order valence-electron chi connectivity index (χ4n) is 2.95. The van der Waals surface area contributed by atoms with Crippen molar-refractivity contribution in [1.29, 1.82) is 0 Å². The van der Waals surface area contributed by atoms with Crippen LogP contribution in [0.1, 0.15) is 22.3 Å². The minimum absolute atomic E-state index is 0.0261. The van der Waals surface area contributed by atoms with Crippen LogP contribution >= 0.6 is 12.2 Å². The lowest BCUT2D eigenvalue weighted by Gasteiger charge is -2.09. The first-order valence-corrected chi connectivity index (χ1v) is 9.88. The Labute approximate surface area is 178 Å². The van der Waals surface area contributed by atoms with E-state index in [4.69, 9.17) is 12.2 Å². The lowest BCUT2D eigenvalue weighted by Crippen LogP contribution is -2.35. The van der Waals surface area contributed by atoms with E-state index in [1.54, 1.807) is 10.6 Å². The first-order chi connectivity index (χ1) is 14.5. The molecule has 1 heterocycles. The highest BCUT2D eigenvalue weighted by Crippen LogP contribution is 2.18. The maximum atomic E-state index is 13.6. The molecule has 7 nitrogen and oxygen atoms in total. The zero-order valence-electron chi connectivity index (χ0n) is 16.4. The minimum Gasteiger partial charge on any atom is -0.354 e. The molecular weight excluding hydrogens is 405 g/mol. The maximum Gasteiger partial charge on any atom is 0.254 e. The van der Waals surface area contributed by atoms with Gasteiger partial charge >= 0.3 is 0 Å². The van der Waals surface area contributed by atoms with Crippen molar-refractivity contribution in [2.75, 3.05) is 13.1 Å². The lowest BCUT2D eigenvalue weighted by molar-refractivity contribution is -0.121. The molecule has 3 rings (SSSR count). The number of nitrogens with zero attached hydrogens (tertiary/aromatic N) is 2. The fourth-order valence-corrected chi connectivity index (χ4v) is 3.17. The fraction of sp³-hybridized carbons (Fsp3) is 0.238. The van der Waals surface area contributed by atoms with Crippen molar-refractivity contribution in [2.45, 2.75) is 19.9 Å². The van der Waals surface area contributed by atoms with E-state index in [1.807, 2.05) is 31.2 Å². The van der Waals surface area contributed by atoms with Gasteiger partial charge in [-0.1, -0.05) is 35.9 Å². The Kier molecular flexibility index (Phi) is 7.08. The number of carbonyl (C=O) groups is 2. The first kappa shape index (κ1) is 21.4. The molecule has 0 fully saturated rings. The first-order valence-electron chi connectivity index (χ1n) is 9.47. The van der Waals surface area contributed by atoms with E-state index in [0.29, 0.717) is 17.1 Å². The molecule has 0 radical (unpaired) electrons. The highest BCUT2D eigenvalue weighted by atomic mass is 32.1. The Morgan fingerprint density at radius 1 is 1.13 bits per heavy atom. The van der Waals surface area contributed by atoms with Crippen LogP contribution in [0.15, 0.2) is 48.5 Å². The molecule has 0 aliphatic heterocycles. The van der Waals surface area contributed by atoms with E-state index in [2.05, 4.69) is 20.8 Å². The number of aromatic nitrogens is 3. The quantitative estimate of drug-likeness (QED) is 0.381. The molecule has 0 bridgehead atoms. The van der Waals surface area contributed by atoms with Crippen LogP contribution in [-0.4, -0.2) is 39.7 Å². The summed E-state index contributed by atoms with van der Waals surface area (Å²) < 4.78 is 15.8. The van der Waals surface area contributed by atoms with Crippen LogP contribution in [0.25, 0.3) is 11.4 Å². The molecule has 30 heavy (non-hydrogen) atoms. The summed E-state index contributed by atoms with van der Waals surface area (Å²) in [6.07, 6.45) is 0.202. The molecule has 3 N–H and O–H groups in total. The Morgan fingerprint density at radius 2 is 1.90 bits per heavy atom. The van der Waals surface area contributed by atoms with Crippen LogP contribution < -0.4 is 10.6 Å². The van der Waals surface area contributed by atoms with Crippen LogP contribution in [0, 0.1) is 17.5 Å². The molecule has 2 amide bonds. The summed E-state index contributed by atoms with van der Waals surface area (Å²) in [6, 6.07) is 13.6. The summed E-state index contributed by atoms with van der Waals surface area (Å²) >= 11 is 5.28. The van der Waals surface area contributed by atoms with Gasteiger partial charge in [0.15, 0.2) is 10.6 Å². The summed E-state index contributed by atoms with van der Waals surface area (Å²) in [5, 5.41) is 12.3. The van der Waals surface area contributed by atoms with E-state index < -0.39 is 11.7 Å². The molecule has 0 spiro atoms. The number of hydrogen-bond acceptors (Lipinski definition) is 4. The molecule has 2 aromatic carbocycles. The van der Waals surface area contributed by atoms with Gasteiger partial charge < -0.3 is 10.6 Å². The van der Waals surface area contributed by atoms with Crippen molar-refractivity contribution in [1.82, 2.24) is 25.4 Å². The van der Waals surface area contributed by atoms with Gasteiger partial charge in [-0.05, 0) is 37.3 Å². The molecular formula is C21H22FN5O2S. The van der Waals surface area contributed by atoms with Gasteiger partial charge in [-0.2, -0.15) is 5.10 Å². The summed E-state index contributed by atoms with van der Waals surface area (Å²) in [4.78, 5) is 24.1. The van der Waals surface area contributed by atoms with E-state index >= 15 is 0 Å². The third kappa shape index (κ3) is 5.38. The number of benzene rings is 2. The van der Waals surface area contributed by atoms with E-state index in [1.165, 1.54) is 18.2 Å². The van der Waals surface area contributed by atoms with Gasteiger partial charge in [0.25, 0.3) is 5.91 Å². The van der Waals surface area contributed by atoms with Gasteiger partial charge in [0, 0.05) is 31.6 Å². The number of rotatable bonds is 8. The van der Waals surface area contributed by atoms with Gasteiger partial charge in [0.05, 0.1) is 5.56 Å². The maximum absolute atomic E-state index is 13.6. The van der Waals surface area contributed by atoms with E-state index in [9.17, 15) is 14.0 Å². The Balaban J connectivity index is 1.48. The molecule has 156 valence electrons. The third-order valence-corrected chi connectivity index (χ3v) is 4.76. The molecule has 0 saturated heterocycles. The normalized spacial score (nSPS) is 10.6. The number of aromatic amines is 1. The second-order valence-electron chi connectivity index (χ2n) is 6.71. The number of aryl methyl sites for hydroxylation is 1. The van der Waals surface area contributed by atoms with Gasteiger partial charge in [0.1, 0.15) is 5.82 Å². The predicted octanol–water partition coefficient (Wildman–Crippen LogP) is 2.99. The predicted molar refractivity (Wildman–Crippen MR) is 114 cm³/mol. The monoisotopic (exact) mass is 427 g/mol. The van der Waals surface area contributed by atoms with Crippen molar-refractivity contribution in [3.8, 4) is 11.4 Å². The summed E-state index contributed by atoms with van der Waals surface area (Å²) in [6.45, 7) is 2.79. The van der Waals surface area contributed by atoms with Crippen LogP contribution in [0.4, 0.5) is 4.39 Å². The summed E-state index contributed by atoms with van der Waals surface area (Å²) in [5.41, 5.74) is 1.99. The molecule has 3 aromatic rings. The second-order valence-corrected chi connectivity index (χ2v) is 7.10. The van der Waals surface area contributed by atoms with Crippen LogP contribution in [0.3, 0.4) is 0 Å². The van der Waals surface area contributed by atoms with Crippen LogP contribution in [0.2, 0.25) is 0 Å². The minimum atomic E-state index is -0.583. The van der Waals surface area contributed by atoms with Crippen molar-refractivity contribution < 1.29 is 14.0 Å². The molecule has 9 heteroatoms. The van der Waals surface area contributed by atoms with E-state index in [0.717, 1.165) is 11.1 Å². The van der Waals surface area contributed by atoms with Crippen molar-refractivity contribution in [3.63, 3.8) is 0 Å². The number of nitrogens with one attached hydrogen (secondary N) is 3. The third-order valence-electron chi connectivity index (χ3n) is 4.45. The smallest absolute Gasteiger partial charge is 0.254 e. The number of carbonyl (C=O) groups excluding carboxylic acids is 2. The van der Waals surface area contributed by atoms with Gasteiger partial charge in [-0.15, -0.1) is 0 Å². The SMILES string of the molecule is Cc1cccc(-c2n[nH]c(=S)n2CCC(=O)NCCNC(=O)c2ccccc2F)c1. The number of hydrogen-bond donors (Lipinski definition) is 3. The average molecular weight is 428 g/mol. The van der Waals surface area contributed by atoms with Gasteiger partial charge in [0.2, 0.25) is 5.91 Å². The molecule has 0 saturated carbocycles. The van der Waals surface area contributed by atoms with Crippen LogP contribution in [-0.2, 0) is 11.3 Å². The van der Waals surface area contributed by atoms with Gasteiger partial charge in [-0.3, -0.25) is 19.3 Å². The zero-order valence-corrected chi connectivity index (χ0v) is 17.3. The topological polar surface area (TPSA) is 91.8 Å². The van der Waals surface area contributed by atoms with Crippen LogP contribution in [0.5, 0.6) is 0 Å². The molecule has 0 aliphatic carbocycles. The molecule has 1 aromatic heterocycles. The van der Waals surface area contributed by atoms with Gasteiger partial charge in [-0.25, -0.2) is 4.39 Å². The Morgan fingerprint density at radius 3 is 2.67 bits per heavy atom.